The van der Waals surface area contributed by atoms with Gasteiger partial charge >= 0.3 is 0 Å². The van der Waals surface area contributed by atoms with E-state index in [1.165, 1.54) is 0 Å². The fourth-order valence-corrected chi connectivity index (χ4v) is 3.27. The zero-order valence-corrected chi connectivity index (χ0v) is 13.8. The van der Waals surface area contributed by atoms with Crippen LogP contribution in [0.25, 0.3) is 11.0 Å². The maximum Gasteiger partial charge on any atom is 0.290 e. The predicted molar refractivity (Wildman–Crippen MR) is 92.1 cm³/mol. The molecule has 120 valence electrons. The fourth-order valence-electron chi connectivity index (χ4n) is 2.32. The van der Waals surface area contributed by atoms with Gasteiger partial charge in [0, 0.05) is 5.25 Å². The second kappa shape index (κ2) is 6.45. The third-order valence-corrected chi connectivity index (χ3v) is 4.98. The largest absolute Gasteiger partial charge is 0.310 e. The third kappa shape index (κ3) is 3.10. The van der Waals surface area contributed by atoms with Gasteiger partial charge in [0.2, 0.25) is 0 Å². The van der Waals surface area contributed by atoms with E-state index in [0.717, 1.165) is 12.0 Å². The molecule has 0 spiro atoms. The van der Waals surface area contributed by atoms with Crippen LogP contribution in [0.3, 0.4) is 0 Å². The van der Waals surface area contributed by atoms with Crippen LogP contribution in [0, 0.1) is 0 Å². The molecule has 0 aliphatic carbocycles. The summed E-state index contributed by atoms with van der Waals surface area (Å²) < 4.78 is 1.83. The number of H-pyrrole nitrogens is 2. The zero-order chi connectivity index (χ0) is 16.4. The van der Waals surface area contributed by atoms with Gasteiger partial charge in [-0.1, -0.05) is 55.9 Å². The van der Waals surface area contributed by atoms with Crippen LogP contribution in [0.5, 0.6) is 0 Å². The first-order valence-corrected chi connectivity index (χ1v) is 8.40. The molecule has 2 heterocycles. The van der Waals surface area contributed by atoms with Crippen LogP contribution in [-0.2, 0) is 6.54 Å². The normalized spacial score (nSPS) is 12.6. The summed E-state index contributed by atoms with van der Waals surface area (Å²) in [6.07, 6.45) is 0.978. The van der Waals surface area contributed by atoms with Gasteiger partial charge in [0.05, 0.1) is 6.54 Å². The second-order valence-electron chi connectivity index (χ2n) is 5.41. The van der Waals surface area contributed by atoms with Crippen LogP contribution in [0.15, 0.2) is 45.1 Å². The van der Waals surface area contributed by atoms with Crippen LogP contribution in [0.2, 0.25) is 0 Å². The minimum Gasteiger partial charge on any atom is -0.310 e. The average Bonchev–Trinajstić information content (AvgIpc) is 2.91. The molecule has 0 fully saturated rings. The maximum absolute atomic E-state index is 12.2. The fraction of sp³-hybridized carbons (Fsp3) is 0.312. The number of aromatic amines is 2. The first-order chi connectivity index (χ1) is 11.1. The number of imidazole rings is 1. The first-order valence-electron chi connectivity index (χ1n) is 7.52. The topological polar surface area (TPSA) is 83.5 Å². The van der Waals surface area contributed by atoms with Crippen molar-refractivity contribution in [3.8, 4) is 0 Å². The quantitative estimate of drug-likeness (QED) is 0.703. The van der Waals surface area contributed by atoms with Crippen molar-refractivity contribution >= 4 is 22.8 Å². The van der Waals surface area contributed by atoms with Gasteiger partial charge in [0.15, 0.2) is 10.7 Å². The molecule has 6 nitrogen and oxygen atoms in total. The summed E-state index contributed by atoms with van der Waals surface area (Å²) in [5.74, 6) is 0. The van der Waals surface area contributed by atoms with Gasteiger partial charge in [-0.2, -0.15) is 0 Å². The molecule has 3 rings (SSSR count). The second-order valence-corrected chi connectivity index (χ2v) is 6.81. The zero-order valence-electron chi connectivity index (χ0n) is 13.0. The van der Waals surface area contributed by atoms with E-state index in [1.807, 2.05) is 34.9 Å². The van der Waals surface area contributed by atoms with E-state index in [-0.39, 0.29) is 16.6 Å². The van der Waals surface area contributed by atoms with Crippen molar-refractivity contribution in [1.82, 2.24) is 19.7 Å². The van der Waals surface area contributed by atoms with Gasteiger partial charge in [0.1, 0.15) is 5.52 Å². The number of nitrogens with zero attached hydrogens (tertiary/aromatic N) is 2. The van der Waals surface area contributed by atoms with Gasteiger partial charge in [-0.25, -0.2) is 4.98 Å². The Hall–Kier alpha value is -2.28. The first kappa shape index (κ1) is 15.6. The highest BCUT2D eigenvalue weighted by Crippen LogP contribution is 2.27. The van der Waals surface area contributed by atoms with E-state index >= 15 is 0 Å². The number of aromatic nitrogens is 4. The maximum atomic E-state index is 12.2. The molecule has 2 aromatic heterocycles. The molecular formula is C16H18N4O2S. The van der Waals surface area contributed by atoms with Gasteiger partial charge < -0.3 is 4.57 Å². The standard InChI is InChI=1S/C16H18N4O2S/c1-3-10(2)23-16-17-12-13(15(22)19-18-14(12)21)20(16)9-11-7-5-4-6-8-11/h4-8,10H,3,9H2,1-2H3,(H,18,21)(H,19,22). The van der Waals surface area contributed by atoms with E-state index < -0.39 is 0 Å². The van der Waals surface area contributed by atoms with Gasteiger partial charge in [-0.3, -0.25) is 19.8 Å². The van der Waals surface area contributed by atoms with Crippen LogP contribution in [0.4, 0.5) is 0 Å². The SMILES string of the molecule is CCC(C)Sc1nc2c(=O)[nH][nH]c(=O)c2n1Cc1ccccc1. The van der Waals surface area contributed by atoms with Crippen LogP contribution in [0.1, 0.15) is 25.8 Å². The number of thioether (sulfide) groups is 1. The molecule has 3 aromatic rings. The lowest BCUT2D eigenvalue weighted by Gasteiger charge is -2.11. The van der Waals surface area contributed by atoms with Crippen molar-refractivity contribution in [2.45, 2.75) is 37.2 Å². The Labute approximate surface area is 136 Å². The Morgan fingerprint density at radius 3 is 2.57 bits per heavy atom. The summed E-state index contributed by atoms with van der Waals surface area (Å²) >= 11 is 1.58. The molecule has 1 aromatic carbocycles. The molecule has 0 bridgehead atoms. The van der Waals surface area contributed by atoms with Crippen molar-refractivity contribution < 1.29 is 0 Å². The molecule has 0 radical (unpaired) electrons. The van der Waals surface area contributed by atoms with E-state index in [0.29, 0.717) is 22.5 Å². The van der Waals surface area contributed by atoms with E-state index in [1.54, 1.807) is 11.8 Å². The molecule has 0 saturated heterocycles. The molecule has 0 aliphatic rings. The summed E-state index contributed by atoms with van der Waals surface area (Å²) in [5, 5.41) is 5.76. The number of benzene rings is 1. The summed E-state index contributed by atoms with van der Waals surface area (Å²) in [6, 6.07) is 9.83. The summed E-state index contributed by atoms with van der Waals surface area (Å²) in [5.41, 5.74) is 0.854. The minimum atomic E-state index is -0.377. The van der Waals surface area contributed by atoms with Crippen LogP contribution >= 0.6 is 11.8 Å². The molecule has 1 unspecified atom stereocenters. The van der Waals surface area contributed by atoms with Gasteiger partial charge in [-0.05, 0) is 12.0 Å². The van der Waals surface area contributed by atoms with Crippen molar-refractivity contribution in [2.24, 2.45) is 0 Å². The molecule has 7 heteroatoms. The van der Waals surface area contributed by atoms with Crippen LogP contribution < -0.4 is 11.1 Å². The Kier molecular flexibility index (Phi) is 4.38. The monoisotopic (exact) mass is 330 g/mol. The summed E-state index contributed by atoms with van der Waals surface area (Å²) in [7, 11) is 0. The lowest BCUT2D eigenvalue weighted by Crippen LogP contribution is -2.21. The highest BCUT2D eigenvalue weighted by Gasteiger charge is 2.18. The Morgan fingerprint density at radius 2 is 1.87 bits per heavy atom. The number of hydrogen-bond acceptors (Lipinski definition) is 4. The van der Waals surface area contributed by atoms with E-state index in [2.05, 4.69) is 29.0 Å². The van der Waals surface area contributed by atoms with Crippen molar-refractivity contribution in [3.05, 3.63) is 56.6 Å². The minimum absolute atomic E-state index is 0.190. The molecule has 23 heavy (non-hydrogen) atoms. The smallest absolute Gasteiger partial charge is 0.290 e. The number of fused-ring (bicyclic) bond motifs is 1. The number of hydrogen-bond donors (Lipinski definition) is 2. The average molecular weight is 330 g/mol. The highest BCUT2D eigenvalue weighted by atomic mass is 32.2. The Balaban J connectivity index is 2.19. The Morgan fingerprint density at radius 1 is 1.17 bits per heavy atom. The molecule has 0 amide bonds. The van der Waals surface area contributed by atoms with Crippen molar-refractivity contribution in [3.63, 3.8) is 0 Å². The van der Waals surface area contributed by atoms with E-state index in [9.17, 15) is 9.59 Å². The van der Waals surface area contributed by atoms with Gasteiger partial charge in [-0.15, -0.1) is 0 Å². The number of nitrogens with one attached hydrogen (secondary N) is 2. The van der Waals surface area contributed by atoms with E-state index in [4.69, 9.17) is 0 Å². The van der Waals surface area contributed by atoms with Crippen molar-refractivity contribution in [2.75, 3.05) is 0 Å². The van der Waals surface area contributed by atoms with Crippen molar-refractivity contribution in [1.29, 1.82) is 0 Å². The Bertz CT molecular complexity index is 927. The van der Waals surface area contributed by atoms with Gasteiger partial charge in [0.25, 0.3) is 11.1 Å². The van der Waals surface area contributed by atoms with Crippen LogP contribution in [-0.4, -0.2) is 25.0 Å². The molecule has 1 atom stereocenters. The lowest BCUT2D eigenvalue weighted by molar-refractivity contribution is 0.723. The molecular weight excluding hydrogens is 312 g/mol. The molecule has 2 N–H and O–H groups in total. The molecule has 0 aliphatic heterocycles. The summed E-state index contributed by atoms with van der Waals surface area (Å²) in [6.45, 7) is 4.70. The lowest BCUT2D eigenvalue weighted by atomic mass is 10.2. The molecule has 0 saturated carbocycles. The third-order valence-electron chi connectivity index (χ3n) is 3.72. The summed E-state index contributed by atoms with van der Waals surface area (Å²) in [4.78, 5) is 28.6. The highest BCUT2D eigenvalue weighted by molar-refractivity contribution is 7.99. The number of rotatable bonds is 5. The predicted octanol–water partition coefficient (Wildman–Crippen LogP) is 2.35.